The number of benzene rings is 1. The van der Waals surface area contributed by atoms with Crippen molar-refractivity contribution in [2.75, 3.05) is 52.4 Å². The van der Waals surface area contributed by atoms with E-state index >= 15 is 0 Å². The van der Waals surface area contributed by atoms with E-state index in [-0.39, 0.29) is 49.7 Å². The van der Waals surface area contributed by atoms with Gasteiger partial charge in [0.15, 0.2) is 13.6 Å². The number of alkyl halides is 1. The Kier molecular flexibility index (Phi) is 16.9. The molecule has 1 aromatic carbocycles. The van der Waals surface area contributed by atoms with Gasteiger partial charge in [0.2, 0.25) is 0 Å². The van der Waals surface area contributed by atoms with Crippen LogP contribution in [0, 0.1) is 0 Å². The van der Waals surface area contributed by atoms with Crippen molar-refractivity contribution >= 4 is 29.4 Å². The summed E-state index contributed by atoms with van der Waals surface area (Å²) in [5, 5.41) is 0. The fraction of sp³-hybridized carbons (Fsp3) is 0.606. The Morgan fingerprint density at radius 1 is 1.00 bits per heavy atom. The van der Waals surface area contributed by atoms with Crippen LogP contribution in [-0.4, -0.2) is 93.4 Å². The SMILES string of the molecule is CCOCOc1cc2c(c(OCOCC)c1)C(=O)O[C@H](C)C/C=C/[C@@H](OC(=O)CCl)C/C=C/C(NOCC(=O)N1CCCCC1)C2. The monoisotopic (exact) mass is 666 g/mol. The van der Waals surface area contributed by atoms with Gasteiger partial charge >= 0.3 is 11.9 Å². The zero-order valence-corrected chi connectivity index (χ0v) is 27.8. The molecule has 0 aromatic heterocycles. The molecular formula is C33H47ClN2O10. The molecule has 0 spiro atoms. The molecule has 12 nitrogen and oxygen atoms in total. The van der Waals surface area contributed by atoms with Crippen molar-refractivity contribution in [1.29, 1.82) is 0 Å². The molecule has 2 heterocycles. The second-order valence-corrected chi connectivity index (χ2v) is 11.1. The minimum absolute atomic E-state index is 0.000281. The van der Waals surface area contributed by atoms with Crippen LogP contribution < -0.4 is 15.0 Å². The van der Waals surface area contributed by atoms with Crippen LogP contribution in [0.4, 0.5) is 0 Å². The molecular weight excluding hydrogens is 620 g/mol. The van der Waals surface area contributed by atoms with Crippen molar-refractivity contribution in [3.63, 3.8) is 0 Å². The highest BCUT2D eigenvalue weighted by Gasteiger charge is 2.26. The minimum atomic E-state index is -0.593. The Balaban J connectivity index is 1.96. The topological polar surface area (TPSA) is 131 Å². The number of carbonyl (C=O) groups excluding carboxylic acids is 3. The number of hydroxylamine groups is 1. The third-order valence-electron chi connectivity index (χ3n) is 7.21. The van der Waals surface area contributed by atoms with Crippen LogP contribution in [0.2, 0.25) is 0 Å². The van der Waals surface area contributed by atoms with E-state index in [1.54, 1.807) is 36.1 Å². The molecule has 256 valence electrons. The van der Waals surface area contributed by atoms with E-state index < -0.39 is 30.2 Å². The number of ether oxygens (including phenoxy) is 6. The summed E-state index contributed by atoms with van der Waals surface area (Å²) in [5.74, 6) is -0.873. The number of hydrogen-bond acceptors (Lipinski definition) is 11. The number of amides is 1. The number of carbonyl (C=O) groups is 3. The molecule has 0 saturated carbocycles. The first-order valence-electron chi connectivity index (χ1n) is 15.9. The Bertz CT molecular complexity index is 1170. The third kappa shape index (κ3) is 12.9. The highest BCUT2D eigenvalue weighted by Crippen LogP contribution is 2.32. The van der Waals surface area contributed by atoms with Gasteiger partial charge in [-0.05, 0) is 64.2 Å². The Morgan fingerprint density at radius 3 is 2.43 bits per heavy atom. The van der Waals surface area contributed by atoms with Crippen molar-refractivity contribution < 1.29 is 47.6 Å². The van der Waals surface area contributed by atoms with Gasteiger partial charge < -0.3 is 33.3 Å². The summed E-state index contributed by atoms with van der Waals surface area (Å²) in [7, 11) is 0. The molecule has 46 heavy (non-hydrogen) atoms. The fourth-order valence-electron chi connectivity index (χ4n) is 4.90. The average Bonchev–Trinajstić information content (AvgIpc) is 3.04. The molecule has 0 bridgehead atoms. The van der Waals surface area contributed by atoms with E-state index in [1.807, 2.05) is 26.0 Å². The minimum Gasteiger partial charge on any atom is -0.467 e. The summed E-state index contributed by atoms with van der Waals surface area (Å²) in [6.07, 6.45) is 10.1. The molecule has 0 aliphatic carbocycles. The van der Waals surface area contributed by atoms with Gasteiger partial charge in [0, 0.05) is 45.2 Å². The maximum absolute atomic E-state index is 13.7. The maximum Gasteiger partial charge on any atom is 0.342 e. The zero-order valence-electron chi connectivity index (χ0n) is 27.0. The van der Waals surface area contributed by atoms with Gasteiger partial charge in [-0.2, -0.15) is 5.48 Å². The van der Waals surface area contributed by atoms with Crippen molar-refractivity contribution in [3.05, 3.63) is 47.6 Å². The molecule has 1 unspecified atom stereocenters. The van der Waals surface area contributed by atoms with Crippen LogP contribution in [0.1, 0.15) is 68.8 Å². The normalized spacial score (nSPS) is 22.1. The summed E-state index contributed by atoms with van der Waals surface area (Å²) >= 11 is 5.68. The van der Waals surface area contributed by atoms with E-state index in [1.165, 1.54) is 0 Å². The largest absolute Gasteiger partial charge is 0.467 e. The van der Waals surface area contributed by atoms with E-state index in [2.05, 4.69) is 5.48 Å². The van der Waals surface area contributed by atoms with E-state index in [9.17, 15) is 14.4 Å². The zero-order chi connectivity index (χ0) is 33.1. The molecule has 0 radical (unpaired) electrons. The van der Waals surface area contributed by atoms with Crippen LogP contribution in [0.3, 0.4) is 0 Å². The van der Waals surface area contributed by atoms with Gasteiger partial charge in [0.25, 0.3) is 5.91 Å². The molecule has 13 heteroatoms. The lowest BCUT2D eigenvalue weighted by molar-refractivity contribution is -0.143. The van der Waals surface area contributed by atoms with Crippen LogP contribution in [0.5, 0.6) is 11.5 Å². The number of nitrogens with one attached hydrogen (secondary N) is 1. The summed E-state index contributed by atoms with van der Waals surface area (Å²) in [4.78, 5) is 45.9. The number of rotatable bonds is 14. The molecule has 1 aromatic rings. The Morgan fingerprint density at radius 2 is 1.72 bits per heavy atom. The van der Waals surface area contributed by atoms with Gasteiger partial charge in [0.1, 0.15) is 41.8 Å². The number of fused-ring (bicyclic) bond motifs is 1. The van der Waals surface area contributed by atoms with Gasteiger partial charge in [-0.15, -0.1) is 11.6 Å². The first kappa shape index (κ1) is 37.3. The number of hydrogen-bond donors (Lipinski definition) is 1. The standard InChI is InChI=1S/C33H47ClN2O10/c1-4-40-22-42-28-18-25-17-26(35-44-21-30(37)36-15-7-6-8-16-36)12-10-14-27(46-31(38)20-34)13-9-11-24(3)45-33(39)32(25)29(19-28)43-23-41-5-2/h9-10,12-13,18-19,24,26-27,35H,4-8,11,14-17,20-23H2,1-3H3/b12-10+,13-9+/t24-,26?,27-/m1/s1. The van der Waals surface area contributed by atoms with Gasteiger partial charge in [0.05, 0.1) is 6.04 Å². The predicted octanol–water partition coefficient (Wildman–Crippen LogP) is 4.48. The quantitative estimate of drug-likeness (QED) is 0.0753. The number of nitrogens with zero attached hydrogens (tertiary/aromatic N) is 1. The van der Waals surface area contributed by atoms with E-state index in [4.69, 9.17) is 44.9 Å². The smallest absolute Gasteiger partial charge is 0.342 e. The van der Waals surface area contributed by atoms with Crippen LogP contribution in [-0.2, 0) is 39.8 Å². The fourth-order valence-corrected chi connectivity index (χ4v) is 4.97. The molecule has 1 fully saturated rings. The predicted molar refractivity (Wildman–Crippen MR) is 171 cm³/mol. The van der Waals surface area contributed by atoms with Crippen LogP contribution in [0.15, 0.2) is 36.4 Å². The molecule has 2 aliphatic heterocycles. The lowest BCUT2D eigenvalue weighted by Crippen LogP contribution is -2.40. The molecule has 1 amide bonds. The number of piperidine rings is 1. The lowest BCUT2D eigenvalue weighted by atomic mass is 9.98. The molecule has 2 aliphatic rings. The highest BCUT2D eigenvalue weighted by atomic mass is 35.5. The van der Waals surface area contributed by atoms with Crippen molar-refractivity contribution in [1.82, 2.24) is 10.4 Å². The van der Waals surface area contributed by atoms with Crippen molar-refractivity contribution in [3.8, 4) is 11.5 Å². The second kappa shape index (κ2) is 20.9. The number of halogens is 1. The van der Waals surface area contributed by atoms with Gasteiger partial charge in [-0.1, -0.05) is 18.2 Å². The summed E-state index contributed by atoms with van der Waals surface area (Å²) < 4.78 is 33.8. The van der Waals surface area contributed by atoms with E-state index in [0.29, 0.717) is 50.5 Å². The number of likely N-dealkylation sites (tertiary alicyclic amines) is 1. The summed E-state index contributed by atoms with van der Waals surface area (Å²) in [5.41, 5.74) is 3.74. The summed E-state index contributed by atoms with van der Waals surface area (Å²) in [6, 6.07) is 2.80. The maximum atomic E-state index is 13.7. The first-order valence-corrected chi connectivity index (χ1v) is 16.4. The molecule has 1 N–H and O–H groups in total. The number of esters is 2. The Hall–Kier alpha value is -3.16. The molecule has 1 saturated heterocycles. The molecule has 3 rings (SSSR count). The summed E-state index contributed by atoms with van der Waals surface area (Å²) in [6.45, 7) is 7.52. The number of cyclic esters (lactones) is 1. The first-order chi connectivity index (χ1) is 22.3. The Labute approximate surface area is 276 Å². The lowest BCUT2D eigenvalue weighted by Gasteiger charge is -2.27. The molecule has 3 atom stereocenters. The third-order valence-corrected chi connectivity index (χ3v) is 7.43. The van der Waals surface area contributed by atoms with Crippen LogP contribution in [0.25, 0.3) is 0 Å². The average molecular weight is 667 g/mol. The van der Waals surface area contributed by atoms with Gasteiger partial charge in [-0.25, -0.2) is 4.79 Å². The van der Waals surface area contributed by atoms with Crippen molar-refractivity contribution in [2.24, 2.45) is 0 Å². The highest BCUT2D eigenvalue weighted by molar-refractivity contribution is 6.26. The van der Waals surface area contributed by atoms with Crippen molar-refractivity contribution in [2.45, 2.75) is 77.5 Å². The van der Waals surface area contributed by atoms with E-state index in [0.717, 1.165) is 19.3 Å². The second-order valence-electron chi connectivity index (χ2n) is 10.8. The van der Waals surface area contributed by atoms with Crippen LogP contribution >= 0.6 is 11.6 Å². The van der Waals surface area contributed by atoms with Gasteiger partial charge in [-0.3, -0.25) is 14.4 Å².